The maximum atomic E-state index is 5.54. The Morgan fingerprint density at radius 2 is 2.06 bits per heavy atom. The van der Waals surface area contributed by atoms with Crippen LogP contribution in [-0.4, -0.2) is 18.1 Å². The van der Waals surface area contributed by atoms with Gasteiger partial charge in [-0.1, -0.05) is 26.3 Å². The van der Waals surface area contributed by atoms with Crippen molar-refractivity contribution in [2.24, 2.45) is 0 Å². The van der Waals surface area contributed by atoms with Crippen LogP contribution >= 0.6 is 0 Å². The zero-order chi connectivity index (χ0) is 11.6. The van der Waals surface area contributed by atoms with Gasteiger partial charge < -0.3 is 10.1 Å². The van der Waals surface area contributed by atoms with Crippen LogP contribution in [-0.2, 0) is 17.9 Å². The monoisotopic (exact) mass is 222 g/mol. The zero-order valence-electron chi connectivity index (χ0n) is 10.3. The van der Waals surface area contributed by atoms with Crippen molar-refractivity contribution in [1.29, 1.82) is 0 Å². The fraction of sp³-hybridized carbons (Fsp3) is 0.615. The van der Waals surface area contributed by atoms with Crippen LogP contribution in [0.25, 0.3) is 0 Å². The van der Waals surface area contributed by atoms with Crippen LogP contribution in [0.2, 0.25) is 0 Å². The Bertz CT molecular complexity index is 289. The lowest BCUT2D eigenvalue weighted by atomic mass is 10.3. The van der Waals surface area contributed by atoms with Gasteiger partial charge in [0.05, 0.1) is 18.0 Å². The number of rotatable bonds is 8. The van der Waals surface area contributed by atoms with Crippen LogP contribution in [0.15, 0.2) is 18.2 Å². The lowest BCUT2D eigenvalue weighted by molar-refractivity contribution is 0.115. The molecule has 1 heterocycles. The van der Waals surface area contributed by atoms with E-state index in [1.54, 1.807) is 0 Å². The third-order valence-electron chi connectivity index (χ3n) is 2.31. The van der Waals surface area contributed by atoms with Gasteiger partial charge >= 0.3 is 0 Å². The van der Waals surface area contributed by atoms with E-state index in [-0.39, 0.29) is 0 Å². The van der Waals surface area contributed by atoms with E-state index >= 15 is 0 Å². The fourth-order valence-corrected chi connectivity index (χ4v) is 1.38. The Hall–Kier alpha value is -0.930. The molecule has 90 valence electrons. The van der Waals surface area contributed by atoms with E-state index < -0.39 is 0 Å². The van der Waals surface area contributed by atoms with Crippen molar-refractivity contribution in [1.82, 2.24) is 10.3 Å². The van der Waals surface area contributed by atoms with Crippen molar-refractivity contribution >= 4 is 0 Å². The molecule has 0 aliphatic carbocycles. The first-order valence-corrected chi connectivity index (χ1v) is 6.10. The molecular weight excluding hydrogens is 200 g/mol. The summed E-state index contributed by atoms with van der Waals surface area (Å²) in [6.07, 6.45) is 2.30. The van der Waals surface area contributed by atoms with Crippen molar-refractivity contribution in [2.75, 3.05) is 13.2 Å². The van der Waals surface area contributed by atoms with Gasteiger partial charge in [-0.05, 0) is 25.1 Å². The van der Waals surface area contributed by atoms with Crippen molar-refractivity contribution in [3.8, 4) is 0 Å². The van der Waals surface area contributed by atoms with E-state index in [0.29, 0.717) is 6.61 Å². The maximum absolute atomic E-state index is 5.54. The number of nitrogens with one attached hydrogen (secondary N) is 1. The second kappa shape index (κ2) is 8.25. The molecular formula is C13H22N2O. The van der Waals surface area contributed by atoms with Crippen molar-refractivity contribution in [2.45, 2.75) is 39.8 Å². The normalized spacial score (nSPS) is 10.6. The van der Waals surface area contributed by atoms with E-state index in [9.17, 15) is 0 Å². The lowest BCUT2D eigenvalue weighted by Crippen LogP contribution is -2.13. The topological polar surface area (TPSA) is 34.1 Å². The van der Waals surface area contributed by atoms with Gasteiger partial charge in [0.25, 0.3) is 0 Å². The molecule has 0 aliphatic heterocycles. The van der Waals surface area contributed by atoms with E-state index in [2.05, 4.69) is 24.1 Å². The second-order valence-electron chi connectivity index (χ2n) is 3.81. The zero-order valence-corrected chi connectivity index (χ0v) is 10.3. The summed E-state index contributed by atoms with van der Waals surface area (Å²) < 4.78 is 5.54. The van der Waals surface area contributed by atoms with Crippen molar-refractivity contribution in [3.63, 3.8) is 0 Å². The minimum absolute atomic E-state index is 0.625. The molecule has 0 saturated carbocycles. The summed E-state index contributed by atoms with van der Waals surface area (Å²) in [5.41, 5.74) is 2.10. The lowest BCUT2D eigenvalue weighted by Gasteiger charge is -2.05. The number of pyridine rings is 1. The van der Waals surface area contributed by atoms with Crippen LogP contribution in [0, 0.1) is 0 Å². The summed E-state index contributed by atoms with van der Waals surface area (Å²) in [5, 5.41) is 3.26. The van der Waals surface area contributed by atoms with Gasteiger partial charge in [0.2, 0.25) is 0 Å². The van der Waals surface area contributed by atoms with Crippen LogP contribution in [0.1, 0.15) is 38.1 Å². The molecule has 3 heteroatoms. The molecule has 0 spiro atoms. The first kappa shape index (κ1) is 13.1. The Morgan fingerprint density at radius 1 is 1.25 bits per heavy atom. The fourth-order valence-electron chi connectivity index (χ4n) is 1.38. The molecule has 0 bridgehead atoms. The van der Waals surface area contributed by atoms with Gasteiger partial charge in [-0.15, -0.1) is 0 Å². The quantitative estimate of drug-likeness (QED) is 0.686. The minimum atomic E-state index is 0.625. The molecule has 16 heavy (non-hydrogen) atoms. The maximum Gasteiger partial charge on any atom is 0.0887 e. The molecule has 0 saturated heterocycles. The summed E-state index contributed by atoms with van der Waals surface area (Å²) in [4.78, 5) is 4.52. The molecule has 1 aromatic heterocycles. The first-order chi connectivity index (χ1) is 7.86. The molecule has 0 radical (unpaired) electrons. The highest BCUT2D eigenvalue weighted by Gasteiger charge is 1.97. The molecule has 3 nitrogen and oxygen atoms in total. The summed E-state index contributed by atoms with van der Waals surface area (Å²) in [7, 11) is 0. The van der Waals surface area contributed by atoms with Gasteiger partial charge in [0, 0.05) is 13.2 Å². The Kier molecular flexibility index (Phi) is 6.77. The number of unbranched alkanes of at least 4 members (excludes halogenated alkanes) is 1. The molecule has 0 aliphatic rings. The van der Waals surface area contributed by atoms with Gasteiger partial charge in [-0.3, -0.25) is 4.98 Å². The highest BCUT2D eigenvalue weighted by Crippen LogP contribution is 2.02. The van der Waals surface area contributed by atoms with Crippen molar-refractivity contribution in [3.05, 3.63) is 29.6 Å². The highest BCUT2D eigenvalue weighted by atomic mass is 16.5. The standard InChI is InChI=1S/C13H22N2O/c1-3-5-9-16-11-13-8-6-7-12(15-13)10-14-4-2/h6-8,14H,3-5,9-11H2,1-2H3. The number of hydrogen-bond donors (Lipinski definition) is 1. The second-order valence-corrected chi connectivity index (χ2v) is 3.81. The van der Waals surface area contributed by atoms with Crippen LogP contribution in [0.5, 0.6) is 0 Å². The average molecular weight is 222 g/mol. The molecule has 0 unspecified atom stereocenters. The SMILES string of the molecule is CCCCOCc1cccc(CNCC)n1. The Balaban J connectivity index is 2.35. The number of nitrogens with zero attached hydrogens (tertiary/aromatic N) is 1. The molecule has 0 fully saturated rings. The van der Waals surface area contributed by atoms with Gasteiger partial charge in [0.1, 0.15) is 0 Å². The van der Waals surface area contributed by atoms with Crippen LogP contribution in [0.4, 0.5) is 0 Å². The van der Waals surface area contributed by atoms with E-state index in [0.717, 1.165) is 37.5 Å². The molecule has 0 amide bonds. The van der Waals surface area contributed by atoms with Gasteiger partial charge in [-0.25, -0.2) is 0 Å². The predicted octanol–water partition coefficient (Wildman–Crippen LogP) is 2.51. The Labute approximate surface area is 98.2 Å². The van der Waals surface area contributed by atoms with E-state index in [1.807, 2.05) is 18.2 Å². The average Bonchev–Trinajstić information content (AvgIpc) is 2.33. The first-order valence-electron chi connectivity index (χ1n) is 6.10. The molecule has 0 atom stereocenters. The van der Waals surface area contributed by atoms with Gasteiger partial charge in [0.15, 0.2) is 0 Å². The van der Waals surface area contributed by atoms with Crippen molar-refractivity contribution < 1.29 is 4.74 Å². The van der Waals surface area contributed by atoms with E-state index in [1.165, 1.54) is 6.42 Å². The number of hydrogen-bond acceptors (Lipinski definition) is 3. The molecule has 1 N–H and O–H groups in total. The van der Waals surface area contributed by atoms with Gasteiger partial charge in [-0.2, -0.15) is 0 Å². The molecule has 1 rings (SSSR count). The number of aromatic nitrogens is 1. The third-order valence-corrected chi connectivity index (χ3v) is 2.31. The van der Waals surface area contributed by atoms with E-state index in [4.69, 9.17) is 4.74 Å². The largest absolute Gasteiger partial charge is 0.375 e. The molecule has 0 aromatic carbocycles. The third kappa shape index (κ3) is 5.24. The highest BCUT2D eigenvalue weighted by molar-refractivity contribution is 5.10. The number of ether oxygens (including phenoxy) is 1. The predicted molar refractivity (Wildman–Crippen MR) is 66.2 cm³/mol. The minimum Gasteiger partial charge on any atom is -0.375 e. The smallest absolute Gasteiger partial charge is 0.0887 e. The summed E-state index contributed by atoms with van der Waals surface area (Å²) in [5.74, 6) is 0. The van der Waals surface area contributed by atoms with Crippen LogP contribution in [0.3, 0.4) is 0 Å². The Morgan fingerprint density at radius 3 is 2.81 bits per heavy atom. The summed E-state index contributed by atoms with van der Waals surface area (Å²) in [6.45, 7) is 7.52. The van der Waals surface area contributed by atoms with Crippen LogP contribution < -0.4 is 5.32 Å². The summed E-state index contributed by atoms with van der Waals surface area (Å²) >= 11 is 0. The summed E-state index contributed by atoms with van der Waals surface area (Å²) in [6, 6.07) is 6.10. The molecule has 1 aromatic rings.